The van der Waals surface area contributed by atoms with E-state index in [9.17, 15) is 18.0 Å². The summed E-state index contributed by atoms with van der Waals surface area (Å²) in [6, 6.07) is 12.6. The summed E-state index contributed by atoms with van der Waals surface area (Å²) in [5.74, 6) is -0.590. The molecule has 0 saturated carbocycles. The van der Waals surface area contributed by atoms with Crippen molar-refractivity contribution in [2.75, 3.05) is 13.1 Å². The van der Waals surface area contributed by atoms with Gasteiger partial charge in [-0.2, -0.15) is 4.31 Å². The Morgan fingerprint density at radius 3 is 2.37 bits per heavy atom. The number of hydrazine groups is 1. The summed E-state index contributed by atoms with van der Waals surface area (Å²) < 4.78 is 32.8. The summed E-state index contributed by atoms with van der Waals surface area (Å²) in [6.07, 6.45) is 0.860. The third kappa shape index (κ3) is 5.38. The highest BCUT2D eigenvalue weighted by Gasteiger charge is 2.27. The quantitative estimate of drug-likeness (QED) is 0.598. The molecule has 2 aromatic rings. The number of sulfonamides is 1. The summed E-state index contributed by atoms with van der Waals surface area (Å²) in [7, 11) is -3.54. The molecule has 1 saturated heterocycles. The van der Waals surface area contributed by atoms with E-state index >= 15 is 0 Å². The lowest BCUT2D eigenvalue weighted by molar-refractivity contribution is -0.128. The molecular weight excluding hydrogens is 474 g/mol. The highest BCUT2D eigenvalue weighted by Crippen LogP contribution is 2.21. The molecule has 0 aliphatic carbocycles. The second-order valence-electron chi connectivity index (χ2n) is 6.80. The number of nitrogens with one attached hydrogen (secondary N) is 2. The van der Waals surface area contributed by atoms with Crippen molar-refractivity contribution in [3.05, 3.63) is 58.6 Å². The highest BCUT2D eigenvalue weighted by molar-refractivity contribution is 9.10. The third-order valence-electron chi connectivity index (χ3n) is 4.60. The van der Waals surface area contributed by atoms with Gasteiger partial charge < -0.3 is 4.74 Å². The van der Waals surface area contributed by atoms with Crippen molar-refractivity contribution in [1.29, 1.82) is 0 Å². The minimum atomic E-state index is -3.54. The molecule has 0 bridgehead atoms. The smallest absolute Gasteiger partial charge is 0.279 e. The SMILES string of the molecule is CC(Oc1cccc(Br)c1)C(=O)NNC(=O)c1ccc(S(=O)(=O)N2CCCC2)cc1. The fourth-order valence-electron chi connectivity index (χ4n) is 2.95. The zero-order valence-corrected chi connectivity index (χ0v) is 18.7. The molecule has 0 aromatic heterocycles. The van der Waals surface area contributed by atoms with E-state index in [1.165, 1.54) is 28.6 Å². The van der Waals surface area contributed by atoms with Crippen LogP contribution >= 0.6 is 15.9 Å². The first-order valence-electron chi connectivity index (χ1n) is 9.40. The summed E-state index contributed by atoms with van der Waals surface area (Å²) in [5.41, 5.74) is 4.82. The molecule has 1 aliphatic heterocycles. The van der Waals surface area contributed by atoms with Gasteiger partial charge in [0.25, 0.3) is 11.8 Å². The van der Waals surface area contributed by atoms with Crippen molar-refractivity contribution >= 4 is 37.8 Å². The number of halogens is 1. The van der Waals surface area contributed by atoms with Crippen LogP contribution in [0.3, 0.4) is 0 Å². The van der Waals surface area contributed by atoms with Gasteiger partial charge in [0.1, 0.15) is 5.75 Å². The van der Waals surface area contributed by atoms with Gasteiger partial charge in [-0.3, -0.25) is 20.4 Å². The van der Waals surface area contributed by atoms with Crippen LogP contribution in [0.2, 0.25) is 0 Å². The molecule has 2 amide bonds. The molecule has 1 unspecified atom stereocenters. The summed E-state index contributed by atoms with van der Waals surface area (Å²) in [6.45, 7) is 2.58. The van der Waals surface area contributed by atoms with Crippen LogP contribution in [-0.2, 0) is 14.8 Å². The normalized spacial score (nSPS) is 15.4. The Morgan fingerprint density at radius 1 is 1.07 bits per heavy atom. The number of benzene rings is 2. The average Bonchev–Trinajstić information content (AvgIpc) is 3.27. The minimum Gasteiger partial charge on any atom is -0.481 e. The largest absolute Gasteiger partial charge is 0.481 e. The molecule has 10 heteroatoms. The molecule has 30 heavy (non-hydrogen) atoms. The van der Waals surface area contributed by atoms with E-state index in [0.29, 0.717) is 18.8 Å². The van der Waals surface area contributed by atoms with Gasteiger partial charge in [-0.15, -0.1) is 0 Å². The minimum absolute atomic E-state index is 0.140. The number of rotatable bonds is 6. The third-order valence-corrected chi connectivity index (χ3v) is 7.00. The van der Waals surface area contributed by atoms with Gasteiger partial charge in [-0.25, -0.2) is 8.42 Å². The second-order valence-corrected chi connectivity index (χ2v) is 9.65. The zero-order valence-electron chi connectivity index (χ0n) is 16.3. The van der Waals surface area contributed by atoms with Crippen LogP contribution in [0.25, 0.3) is 0 Å². The van der Waals surface area contributed by atoms with Crippen LogP contribution in [0.1, 0.15) is 30.1 Å². The predicted octanol–water partition coefficient (Wildman–Crippen LogP) is 2.46. The average molecular weight is 496 g/mol. The van der Waals surface area contributed by atoms with E-state index in [2.05, 4.69) is 26.8 Å². The van der Waals surface area contributed by atoms with Gasteiger partial charge in [0.05, 0.1) is 4.90 Å². The topological polar surface area (TPSA) is 105 Å². The molecular formula is C20H22BrN3O5S. The lowest BCUT2D eigenvalue weighted by Gasteiger charge is -2.16. The maximum atomic E-state index is 12.5. The first-order chi connectivity index (χ1) is 14.3. The van der Waals surface area contributed by atoms with Crippen molar-refractivity contribution < 1.29 is 22.7 Å². The van der Waals surface area contributed by atoms with Gasteiger partial charge in [0.2, 0.25) is 10.0 Å². The maximum absolute atomic E-state index is 12.5. The lowest BCUT2D eigenvalue weighted by Crippen LogP contribution is -2.47. The van der Waals surface area contributed by atoms with Crippen molar-refractivity contribution in [1.82, 2.24) is 15.2 Å². The van der Waals surface area contributed by atoms with Crippen molar-refractivity contribution in [3.63, 3.8) is 0 Å². The first kappa shape index (κ1) is 22.3. The highest BCUT2D eigenvalue weighted by atomic mass is 79.9. The van der Waals surface area contributed by atoms with E-state index < -0.39 is 27.9 Å². The van der Waals surface area contributed by atoms with Crippen LogP contribution in [-0.4, -0.2) is 43.7 Å². The Morgan fingerprint density at radius 2 is 1.73 bits per heavy atom. The molecule has 2 N–H and O–H groups in total. The van der Waals surface area contributed by atoms with Crippen LogP contribution in [0.4, 0.5) is 0 Å². The van der Waals surface area contributed by atoms with E-state index in [0.717, 1.165) is 17.3 Å². The number of hydrogen-bond acceptors (Lipinski definition) is 5. The van der Waals surface area contributed by atoms with Crippen molar-refractivity contribution in [2.45, 2.75) is 30.8 Å². The summed E-state index contributed by atoms with van der Waals surface area (Å²) >= 11 is 3.32. The number of carbonyl (C=O) groups excluding carboxylic acids is 2. The van der Waals surface area contributed by atoms with Crippen LogP contribution in [0, 0.1) is 0 Å². The summed E-state index contributed by atoms with van der Waals surface area (Å²) in [4.78, 5) is 24.6. The van der Waals surface area contributed by atoms with E-state index in [-0.39, 0.29) is 10.5 Å². The van der Waals surface area contributed by atoms with E-state index in [1.807, 2.05) is 6.07 Å². The van der Waals surface area contributed by atoms with Gasteiger partial charge in [0.15, 0.2) is 6.10 Å². The first-order valence-corrected chi connectivity index (χ1v) is 11.6. The second kappa shape index (κ2) is 9.59. The number of ether oxygens (including phenoxy) is 1. The Bertz CT molecular complexity index is 1020. The van der Waals surface area contributed by atoms with Crippen molar-refractivity contribution in [3.8, 4) is 5.75 Å². The van der Waals surface area contributed by atoms with E-state index in [1.54, 1.807) is 25.1 Å². The molecule has 1 heterocycles. The number of carbonyl (C=O) groups is 2. The summed E-state index contributed by atoms with van der Waals surface area (Å²) in [5, 5.41) is 0. The molecule has 3 rings (SSSR count). The fraction of sp³-hybridized carbons (Fsp3) is 0.300. The fourth-order valence-corrected chi connectivity index (χ4v) is 4.84. The molecule has 8 nitrogen and oxygen atoms in total. The molecule has 1 atom stereocenters. The van der Waals surface area contributed by atoms with Gasteiger partial charge in [0, 0.05) is 23.1 Å². The monoisotopic (exact) mass is 495 g/mol. The molecule has 2 aromatic carbocycles. The molecule has 0 spiro atoms. The standard InChI is InChI=1S/C20H22BrN3O5S/c1-14(29-17-6-4-5-16(21)13-17)19(25)22-23-20(26)15-7-9-18(10-8-15)30(27,28)24-11-2-3-12-24/h4-10,13-14H,2-3,11-12H2,1H3,(H,22,25)(H,23,26). The molecule has 1 fully saturated rings. The van der Waals surface area contributed by atoms with Gasteiger partial charge in [-0.1, -0.05) is 22.0 Å². The van der Waals surface area contributed by atoms with Crippen molar-refractivity contribution in [2.24, 2.45) is 0 Å². The van der Waals surface area contributed by atoms with Crippen LogP contribution in [0.15, 0.2) is 57.9 Å². The Labute approximate surface area is 183 Å². The molecule has 160 valence electrons. The zero-order chi connectivity index (χ0) is 21.7. The van der Waals surface area contributed by atoms with Gasteiger partial charge in [-0.05, 0) is 62.2 Å². The molecule has 0 radical (unpaired) electrons. The number of amides is 2. The Hall–Kier alpha value is -2.43. The van der Waals surface area contributed by atoms with E-state index in [4.69, 9.17) is 4.74 Å². The number of nitrogens with zero attached hydrogens (tertiary/aromatic N) is 1. The Kier molecular flexibility index (Phi) is 7.11. The molecule has 1 aliphatic rings. The number of hydrogen-bond donors (Lipinski definition) is 2. The van der Waals surface area contributed by atoms with Gasteiger partial charge >= 0.3 is 0 Å². The predicted molar refractivity (Wildman–Crippen MR) is 114 cm³/mol. The van der Waals surface area contributed by atoms with Crippen LogP contribution < -0.4 is 15.6 Å². The van der Waals surface area contributed by atoms with Crippen LogP contribution in [0.5, 0.6) is 5.75 Å². The Balaban J connectivity index is 1.54. The maximum Gasteiger partial charge on any atom is 0.279 e. The lowest BCUT2D eigenvalue weighted by atomic mass is 10.2.